The van der Waals surface area contributed by atoms with Crippen molar-refractivity contribution in [1.29, 1.82) is 0 Å². The summed E-state index contributed by atoms with van der Waals surface area (Å²) in [6, 6.07) is 8.37. The summed E-state index contributed by atoms with van der Waals surface area (Å²) in [5, 5.41) is 0. The highest BCUT2D eigenvalue weighted by molar-refractivity contribution is 14.1. The van der Waals surface area contributed by atoms with Gasteiger partial charge in [0.15, 0.2) is 0 Å². The van der Waals surface area contributed by atoms with E-state index in [0.717, 1.165) is 19.5 Å². The van der Waals surface area contributed by atoms with E-state index in [9.17, 15) is 13.2 Å². The van der Waals surface area contributed by atoms with Gasteiger partial charge in [-0.2, -0.15) is 13.2 Å². The molecule has 3 rings (SSSR count). The molecule has 116 valence electrons. The van der Waals surface area contributed by atoms with Crippen LogP contribution in [0, 0.1) is 15.4 Å². The number of hydrogen-bond donors (Lipinski definition) is 0. The molecule has 0 N–H and O–H groups in total. The van der Waals surface area contributed by atoms with Crippen molar-refractivity contribution < 1.29 is 13.2 Å². The molecule has 1 aromatic rings. The van der Waals surface area contributed by atoms with Gasteiger partial charge in [-0.05, 0) is 65.1 Å². The van der Waals surface area contributed by atoms with Gasteiger partial charge < -0.3 is 4.90 Å². The number of fused-ring (bicyclic) bond motifs is 2. The van der Waals surface area contributed by atoms with Crippen molar-refractivity contribution >= 4 is 28.3 Å². The van der Waals surface area contributed by atoms with Crippen molar-refractivity contribution in [3.8, 4) is 0 Å². The minimum Gasteiger partial charge on any atom is -0.371 e. The standard InChI is InChI=1S/C15H18F3IN2/c16-15(17,18)10-20-6-11-5-12(7-20)9-21(8-11)14-3-1-13(19)2-4-14/h1-4,11-12H,5-10H2. The van der Waals surface area contributed by atoms with Crippen LogP contribution in [-0.2, 0) is 0 Å². The van der Waals surface area contributed by atoms with Gasteiger partial charge in [0, 0.05) is 35.4 Å². The fourth-order valence-electron chi connectivity index (χ4n) is 3.63. The van der Waals surface area contributed by atoms with Crippen molar-refractivity contribution in [1.82, 2.24) is 4.90 Å². The summed E-state index contributed by atoms with van der Waals surface area (Å²) in [5.41, 5.74) is 1.19. The summed E-state index contributed by atoms with van der Waals surface area (Å²) in [7, 11) is 0. The maximum atomic E-state index is 12.5. The van der Waals surface area contributed by atoms with Crippen LogP contribution in [0.1, 0.15) is 6.42 Å². The van der Waals surface area contributed by atoms with Crippen LogP contribution in [0.3, 0.4) is 0 Å². The third-order valence-electron chi connectivity index (χ3n) is 4.25. The predicted molar refractivity (Wildman–Crippen MR) is 85.5 cm³/mol. The van der Waals surface area contributed by atoms with Gasteiger partial charge in [0.2, 0.25) is 0 Å². The van der Waals surface area contributed by atoms with Crippen LogP contribution < -0.4 is 4.90 Å². The Morgan fingerprint density at radius 1 is 1.00 bits per heavy atom. The lowest BCUT2D eigenvalue weighted by molar-refractivity contribution is -0.152. The molecule has 1 aromatic carbocycles. The summed E-state index contributed by atoms with van der Waals surface area (Å²) in [6.45, 7) is 2.11. The minimum atomic E-state index is -4.08. The first kappa shape index (κ1) is 15.4. The van der Waals surface area contributed by atoms with Crippen LogP contribution >= 0.6 is 22.6 Å². The molecule has 0 aromatic heterocycles. The number of piperidine rings is 2. The predicted octanol–water partition coefficient (Wildman–Crippen LogP) is 3.61. The van der Waals surface area contributed by atoms with E-state index in [-0.39, 0.29) is 0 Å². The van der Waals surface area contributed by atoms with E-state index in [0.29, 0.717) is 24.9 Å². The number of rotatable bonds is 2. The summed E-state index contributed by atoms with van der Waals surface area (Å²) in [6.07, 6.45) is -3.02. The second-order valence-corrected chi connectivity index (χ2v) is 7.40. The second kappa shape index (κ2) is 5.95. The molecular formula is C15H18F3IN2. The SMILES string of the molecule is FC(F)(F)CN1CC2CC(C1)CN(c1ccc(I)cc1)C2. The highest BCUT2D eigenvalue weighted by Gasteiger charge is 2.38. The number of anilines is 1. The summed E-state index contributed by atoms with van der Waals surface area (Å²) in [5.74, 6) is 0.693. The Hall–Kier alpha value is -0.500. The van der Waals surface area contributed by atoms with E-state index in [1.807, 2.05) is 0 Å². The highest BCUT2D eigenvalue weighted by Crippen LogP contribution is 2.33. The van der Waals surface area contributed by atoms with E-state index in [1.165, 1.54) is 9.26 Å². The summed E-state index contributed by atoms with van der Waals surface area (Å²) >= 11 is 2.28. The van der Waals surface area contributed by atoms with Crippen LogP contribution in [0.25, 0.3) is 0 Å². The first-order chi connectivity index (χ1) is 9.89. The zero-order valence-corrected chi connectivity index (χ0v) is 13.8. The number of hydrogen-bond acceptors (Lipinski definition) is 2. The Labute approximate surface area is 136 Å². The molecule has 2 bridgehead atoms. The van der Waals surface area contributed by atoms with Crippen LogP contribution in [0.2, 0.25) is 0 Å². The van der Waals surface area contributed by atoms with E-state index in [1.54, 1.807) is 4.90 Å². The molecule has 2 aliphatic rings. The maximum absolute atomic E-state index is 12.5. The number of nitrogens with zero attached hydrogens (tertiary/aromatic N) is 2. The molecule has 0 spiro atoms. The second-order valence-electron chi connectivity index (χ2n) is 6.16. The first-order valence-electron chi connectivity index (χ1n) is 7.19. The van der Waals surface area contributed by atoms with Crippen LogP contribution in [0.4, 0.5) is 18.9 Å². The molecule has 0 saturated carbocycles. The summed E-state index contributed by atoms with van der Waals surface area (Å²) < 4.78 is 38.8. The number of alkyl halides is 3. The van der Waals surface area contributed by atoms with E-state index < -0.39 is 12.7 Å². The molecule has 0 aliphatic carbocycles. The Morgan fingerprint density at radius 3 is 2.10 bits per heavy atom. The Morgan fingerprint density at radius 2 is 1.57 bits per heavy atom. The lowest BCUT2D eigenvalue weighted by atomic mass is 9.84. The third-order valence-corrected chi connectivity index (χ3v) is 4.97. The van der Waals surface area contributed by atoms with Crippen molar-refractivity contribution in [2.45, 2.75) is 12.6 Å². The fraction of sp³-hybridized carbons (Fsp3) is 0.600. The molecule has 2 nitrogen and oxygen atoms in total. The van der Waals surface area contributed by atoms with E-state index in [2.05, 4.69) is 51.8 Å². The molecule has 2 unspecified atom stereocenters. The Balaban J connectivity index is 1.65. The minimum absolute atomic E-state index is 0.346. The molecule has 0 amide bonds. The van der Waals surface area contributed by atoms with Gasteiger partial charge >= 0.3 is 6.18 Å². The first-order valence-corrected chi connectivity index (χ1v) is 8.26. The number of benzene rings is 1. The molecule has 2 saturated heterocycles. The smallest absolute Gasteiger partial charge is 0.371 e. The lowest BCUT2D eigenvalue weighted by Gasteiger charge is -2.46. The van der Waals surface area contributed by atoms with Crippen LogP contribution in [0.5, 0.6) is 0 Å². The zero-order valence-electron chi connectivity index (χ0n) is 11.6. The van der Waals surface area contributed by atoms with Gasteiger partial charge in [-0.3, -0.25) is 4.90 Å². The van der Waals surface area contributed by atoms with Gasteiger partial charge in [-0.15, -0.1) is 0 Å². The maximum Gasteiger partial charge on any atom is 0.401 e. The molecule has 2 heterocycles. The molecule has 0 radical (unpaired) electrons. The number of halogens is 4. The van der Waals surface area contributed by atoms with Gasteiger partial charge in [-0.1, -0.05) is 0 Å². The van der Waals surface area contributed by atoms with Gasteiger partial charge in [0.25, 0.3) is 0 Å². The Kier molecular flexibility index (Phi) is 4.36. The van der Waals surface area contributed by atoms with Crippen LogP contribution in [-0.4, -0.2) is 43.8 Å². The average Bonchev–Trinajstić information content (AvgIpc) is 2.36. The van der Waals surface area contributed by atoms with Gasteiger partial charge in [0.05, 0.1) is 6.54 Å². The number of likely N-dealkylation sites (tertiary alicyclic amines) is 1. The van der Waals surface area contributed by atoms with Gasteiger partial charge in [0.1, 0.15) is 0 Å². The van der Waals surface area contributed by atoms with Gasteiger partial charge in [-0.25, -0.2) is 0 Å². The normalized spacial score (nSPS) is 27.0. The zero-order chi connectivity index (χ0) is 15.0. The van der Waals surface area contributed by atoms with Crippen molar-refractivity contribution in [2.24, 2.45) is 11.8 Å². The topological polar surface area (TPSA) is 6.48 Å². The average molecular weight is 410 g/mol. The van der Waals surface area contributed by atoms with E-state index in [4.69, 9.17) is 0 Å². The van der Waals surface area contributed by atoms with Crippen molar-refractivity contribution in [2.75, 3.05) is 37.6 Å². The van der Waals surface area contributed by atoms with E-state index >= 15 is 0 Å². The molecule has 2 fully saturated rings. The molecular weight excluding hydrogens is 392 g/mol. The lowest BCUT2D eigenvalue weighted by Crippen LogP contribution is -2.54. The molecule has 2 atom stereocenters. The largest absolute Gasteiger partial charge is 0.401 e. The summed E-state index contributed by atoms with van der Waals surface area (Å²) in [4.78, 5) is 3.92. The van der Waals surface area contributed by atoms with Crippen molar-refractivity contribution in [3.05, 3.63) is 27.8 Å². The fourth-order valence-corrected chi connectivity index (χ4v) is 3.99. The molecule has 6 heteroatoms. The third kappa shape index (κ3) is 4.03. The quantitative estimate of drug-likeness (QED) is 0.688. The Bertz CT molecular complexity index is 475. The van der Waals surface area contributed by atoms with Crippen molar-refractivity contribution in [3.63, 3.8) is 0 Å². The monoisotopic (exact) mass is 410 g/mol. The molecule has 21 heavy (non-hydrogen) atoms. The highest BCUT2D eigenvalue weighted by atomic mass is 127. The van der Waals surface area contributed by atoms with Crippen LogP contribution in [0.15, 0.2) is 24.3 Å². The molecule has 2 aliphatic heterocycles.